The Labute approximate surface area is 102 Å². The van der Waals surface area contributed by atoms with Gasteiger partial charge in [-0.2, -0.15) is 0 Å². The third kappa shape index (κ3) is 2.67. The second kappa shape index (κ2) is 4.88. The molecular weight excluding hydrogens is 210 g/mol. The predicted molar refractivity (Wildman–Crippen MR) is 72.2 cm³/mol. The molecule has 2 rings (SSSR count). The smallest absolute Gasteiger partial charge is 0.108 e. The van der Waals surface area contributed by atoms with Crippen LogP contribution in [-0.4, -0.2) is 16.0 Å². The van der Waals surface area contributed by atoms with Crippen LogP contribution in [0.1, 0.15) is 36.7 Å². The van der Waals surface area contributed by atoms with E-state index in [1.54, 1.807) is 0 Å². The van der Waals surface area contributed by atoms with Gasteiger partial charge >= 0.3 is 0 Å². The van der Waals surface area contributed by atoms with Gasteiger partial charge in [-0.15, -0.1) is 0 Å². The van der Waals surface area contributed by atoms with Gasteiger partial charge in [0.15, 0.2) is 0 Å². The van der Waals surface area contributed by atoms with Gasteiger partial charge in [-0.3, -0.25) is 0 Å². The predicted octanol–water partition coefficient (Wildman–Crippen LogP) is 2.85. The highest BCUT2D eigenvalue weighted by Crippen LogP contribution is 2.18. The molecule has 92 valence electrons. The third-order valence-corrected chi connectivity index (χ3v) is 3.26. The van der Waals surface area contributed by atoms with E-state index in [-0.39, 0.29) is 6.04 Å². The summed E-state index contributed by atoms with van der Waals surface area (Å²) in [5.41, 5.74) is 10.8. The maximum atomic E-state index is 6.04. The average Bonchev–Trinajstić information content (AvgIpc) is 2.60. The molecule has 1 aromatic heterocycles. The molecule has 1 heterocycles. The molecule has 2 aromatic rings. The number of hydrogen-bond donors (Lipinski definition) is 2. The number of H-pyrrole nitrogens is 1. The molecule has 0 aliphatic carbocycles. The normalized spacial score (nSPS) is 13.2. The summed E-state index contributed by atoms with van der Waals surface area (Å²) in [6.07, 6.45) is 3.01. The van der Waals surface area contributed by atoms with Crippen LogP contribution < -0.4 is 5.73 Å². The molecule has 3 nitrogen and oxygen atoms in total. The summed E-state index contributed by atoms with van der Waals surface area (Å²) >= 11 is 0. The van der Waals surface area contributed by atoms with Crippen LogP contribution in [0.2, 0.25) is 0 Å². The minimum absolute atomic E-state index is 0.211. The molecule has 0 aliphatic heterocycles. The van der Waals surface area contributed by atoms with E-state index in [0.717, 1.165) is 36.1 Å². The van der Waals surface area contributed by atoms with E-state index in [1.807, 2.05) is 0 Å². The third-order valence-electron chi connectivity index (χ3n) is 3.26. The number of benzene rings is 1. The summed E-state index contributed by atoms with van der Waals surface area (Å²) in [5.74, 6) is 1.01. The lowest BCUT2D eigenvalue weighted by Gasteiger charge is -2.06. The molecule has 17 heavy (non-hydrogen) atoms. The number of aromatic amines is 1. The standard InChI is InChI=1S/C14H21N3/c1-4-5-11(15)8-14-16-12-6-9(2)10(3)7-13(12)17-14/h6-7,11H,4-5,8,15H2,1-3H3,(H,16,17). The fraction of sp³-hybridized carbons (Fsp3) is 0.500. The first kappa shape index (κ1) is 12.1. The molecule has 0 bridgehead atoms. The second-order valence-electron chi connectivity index (χ2n) is 4.89. The van der Waals surface area contributed by atoms with Crippen molar-refractivity contribution in [2.45, 2.75) is 46.1 Å². The van der Waals surface area contributed by atoms with Gasteiger partial charge < -0.3 is 10.7 Å². The molecule has 1 aromatic carbocycles. The first-order valence-corrected chi connectivity index (χ1v) is 6.31. The Morgan fingerprint density at radius 2 is 2.00 bits per heavy atom. The Bertz CT molecular complexity index is 474. The Morgan fingerprint density at radius 1 is 1.29 bits per heavy atom. The van der Waals surface area contributed by atoms with Gasteiger partial charge in [0.1, 0.15) is 5.82 Å². The van der Waals surface area contributed by atoms with Crippen molar-refractivity contribution in [2.24, 2.45) is 5.73 Å². The highest BCUT2D eigenvalue weighted by atomic mass is 14.9. The van der Waals surface area contributed by atoms with Gasteiger partial charge in [0, 0.05) is 12.5 Å². The maximum absolute atomic E-state index is 6.04. The van der Waals surface area contributed by atoms with E-state index >= 15 is 0 Å². The van der Waals surface area contributed by atoms with Crippen molar-refractivity contribution in [3.8, 4) is 0 Å². The number of nitrogens with one attached hydrogen (secondary N) is 1. The van der Waals surface area contributed by atoms with Crippen molar-refractivity contribution in [1.82, 2.24) is 9.97 Å². The first-order chi connectivity index (χ1) is 8.10. The van der Waals surface area contributed by atoms with Gasteiger partial charge in [-0.1, -0.05) is 13.3 Å². The monoisotopic (exact) mass is 231 g/mol. The molecule has 0 saturated carbocycles. The summed E-state index contributed by atoms with van der Waals surface area (Å²) in [5, 5.41) is 0. The van der Waals surface area contributed by atoms with E-state index in [2.05, 4.69) is 42.9 Å². The van der Waals surface area contributed by atoms with Crippen LogP contribution in [0.15, 0.2) is 12.1 Å². The van der Waals surface area contributed by atoms with Crippen molar-refractivity contribution in [3.05, 3.63) is 29.1 Å². The number of aryl methyl sites for hydroxylation is 2. The average molecular weight is 231 g/mol. The van der Waals surface area contributed by atoms with Crippen LogP contribution in [0.4, 0.5) is 0 Å². The molecule has 0 radical (unpaired) electrons. The zero-order valence-electron chi connectivity index (χ0n) is 10.9. The number of hydrogen-bond acceptors (Lipinski definition) is 2. The molecule has 0 amide bonds. The van der Waals surface area contributed by atoms with Crippen molar-refractivity contribution in [3.63, 3.8) is 0 Å². The van der Waals surface area contributed by atoms with Crippen LogP contribution in [0.3, 0.4) is 0 Å². The number of nitrogens with zero attached hydrogens (tertiary/aromatic N) is 1. The number of fused-ring (bicyclic) bond motifs is 1. The highest BCUT2D eigenvalue weighted by Gasteiger charge is 2.08. The summed E-state index contributed by atoms with van der Waals surface area (Å²) < 4.78 is 0. The lowest BCUT2D eigenvalue weighted by molar-refractivity contribution is 0.588. The number of aromatic nitrogens is 2. The quantitative estimate of drug-likeness (QED) is 0.850. The Hall–Kier alpha value is -1.35. The Morgan fingerprint density at radius 3 is 2.71 bits per heavy atom. The van der Waals surface area contributed by atoms with E-state index in [9.17, 15) is 0 Å². The van der Waals surface area contributed by atoms with Crippen LogP contribution in [0, 0.1) is 13.8 Å². The molecule has 0 aliphatic rings. The maximum Gasteiger partial charge on any atom is 0.108 e. The molecule has 3 heteroatoms. The Kier molecular flexibility index (Phi) is 3.48. The SMILES string of the molecule is CCCC(N)Cc1nc2cc(C)c(C)cc2[nH]1. The van der Waals surface area contributed by atoms with Gasteiger partial charge in [0.2, 0.25) is 0 Å². The van der Waals surface area contributed by atoms with E-state index in [0.29, 0.717) is 0 Å². The van der Waals surface area contributed by atoms with Gasteiger partial charge in [0.25, 0.3) is 0 Å². The minimum Gasteiger partial charge on any atom is -0.342 e. The number of nitrogens with two attached hydrogens (primary N) is 1. The zero-order chi connectivity index (χ0) is 12.4. The van der Waals surface area contributed by atoms with Crippen molar-refractivity contribution in [1.29, 1.82) is 0 Å². The van der Waals surface area contributed by atoms with Crippen LogP contribution >= 0.6 is 0 Å². The van der Waals surface area contributed by atoms with E-state index in [4.69, 9.17) is 5.73 Å². The van der Waals surface area contributed by atoms with Crippen molar-refractivity contribution < 1.29 is 0 Å². The van der Waals surface area contributed by atoms with Gasteiger partial charge in [0.05, 0.1) is 11.0 Å². The molecule has 1 atom stereocenters. The zero-order valence-corrected chi connectivity index (χ0v) is 10.9. The topological polar surface area (TPSA) is 54.7 Å². The largest absolute Gasteiger partial charge is 0.342 e. The highest BCUT2D eigenvalue weighted by molar-refractivity contribution is 5.77. The Balaban J connectivity index is 2.25. The molecule has 0 saturated heterocycles. The molecule has 1 unspecified atom stereocenters. The molecular formula is C14H21N3. The molecule has 0 fully saturated rings. The summed E-state index contributed by atoms with van der Waals surface area (Å²) in [7, 11) is 0. The van der Waals surface area contributed by atoms with Crippen LogP contribution in [-0.2, 0) is 6.42 Å². The minimum atomic E-state index is 0.211. The van der Waals surface area contributed by atoms with Crippen molar-refractivity contribution in [2.75, 3.05) is 0 Å². The lowest BCUT2D eigenvalue weighted by Crippen LogP contribution is -2.22. The summed E-state index contributed by atoms with van der Waals surface area (Å²) in [6.45, 7) is 6.40. The van der Waals surface area contributed by atoms with Gasteiger partial charge in [-0.25, -0.2) is 4.98 Å². The van der Waals surface area contributed by atoms with E-state index in [1.165, 1.54) is 11.1 Å². The van der Waals surface area contributed by atoms with Crippen LogP contribution in [0.25, 0.3) is 11.0 Å². The van der Waals surface area contributed by atoms with Gasteiger partial charge in [-0.05, 0) is 43.5 Å². The number of rotatable bonds is 4. The van der Waals surface area contributed by atoms with Crippen molar-refractivity contribution >= 4 is 11.0 Å². The summed E-state index contributed by atoms with van der Waals surface area (Å²) in [6, 6.07) is 4.51. The lowest BCUT2D eigenvalue weighted by atomic mass is 10.1. The fourth-order valence-corrected chi connectivity index (χ4v) is 2.14. The number of imidazole rings is 1. The van der Waals surface area contributed by atoms with Crippen LogP contribution in [0.5, 0.6) is 0 Å². The molecule has 3 N–H and O–H groups in total. The first-order valence-electron chi connectivity index (χ1n) is 6.31. The summed E-state index contributed by atoms with van der Waals surface area (Å²) in [4.78, 5) is 7.96. The fourth-order valence-electron chi connectivity index (χ4n) is 2.14. The molecule has 0 spiro atoms. The van der Waals surface area contributed by atoms with E-state index < -0.39 is 0 Å². The second-order valence-corrected chi connectivity index (χ2v) is 4.89.